The molecule has 3 heteroatoms. The van der Waals surface area contributed by atoms with Crippen LogP contribution in [0.2, 0.25) is 0 Å². The summed E-state index contributed by atoms with van der Waals surface area (Å²) >= 11 is 0. The molecule has 1 N–H and O–H groups in total. The first kappa shape index (κ1) is 14.3. The Morgan fingerprint density at radius 1 is 1.05 bits per heavy atom. The average molecular weight is 298 g/mol. The summed E-state index contributed by atoms with van der Waals surface area (Å²) in [6.07, 6.45) is 7.60. The first-order valence-electron chi connectivity index (χ1n) is 8.85. The molecule has 0 spiro atoms. The minimum atomic E-state index is 0.446. The van der Waals surface area contributed by atoms with E-state index >= 15 is 0 Å². The van der Waals surface area contributed by atoms with Gasteiger partial charge >= 0.3 is 0 Å². The Kier molecular flexibility index (Phi) is 3.91. The summed E-state index contributed by atoms with van der Waals surface area (Å²) < 4.78 is 0. The van der Waals surface area contributed by atoms with Gasteiger partial charge in [0.2, 0.25) is 0 Å². The summed E-state index contributed by atoms with van der Waals surface area (Å²) in [5.41, 5.74) is 2.57. The standard InChI is InChI=1S/C19H26N2O/c22-20-18-16-6-7-17(13-16)19(18)21-10-8-15(9-11-21)12-14-4-2-1-3-5-14/h1-5,15-17,19,22H,6-13H2. The van der Waals surface area contributed by atoms with Crippen LogP contribution in [-0.2, 0) is 6.42 Å². The number of oxime groups is 1. The SMILES string of the molecule is ON=C1C2CCC(C2)C1N1CCC(Cc2ccccc2)CC1. The minimum Gasteiger partial charge on any atom is -0.411 e. The number of piperidine rings is 1. The van der Waals surface area contributed by atoms with Crippen LogP contribution in [0.3, 0.4) is 0 Å². The zero-order chi connectivity index (χ0) is 14.9. The van der Waals surface area contributed by atoms with Crippen LogP contribution in [0, 0.1) is 17.8 Å². The molecule has 3 nitrogen and oxygen atoms in total. The van der Waals surface area contributed by atoms with Crippen LogP contribution >= 0.6 is 0 Å². The third kappa shape index (κ3) is 2.56. The number of fused-ring (bicyclic) bond motifs is 2. The summed E-state index contributed by atoms with van der Waals surface area (Å²) in [4.78, 5) is 2.61. The van der Waals surface area contributed by atoms with Gasteiger partial charge in [0, 0.05) is 5.92 Å². The van der Waals surface area contributed by atoms with Crippen LogP contribution in [0.4, 0.5) is 0 Å². The number of nitrogens with zero attached hydrogens (tertiary/aromatic N) is 2. The first-order chi connectivity index (χ1) is 10.8. The van der Waals surface area contributed by atoms with E-state index in [-0.39, 0.29) is 0 Å². The van der Waals surface area contributed by atoms with Crippen molar-refractivity contribution in [2.24, 2.45) is 22.9 Å². The van der Waals surface area contributed by atoms with Crippen molar-refractivity contribution in [3.05, 3.63) is 35.9 Å². The molecule has 22 heavy (non-hydrogen) atoms. The second kappa shape index (κ2) is 6.04. The summed E-state index contributed by atoms with van der Waals surface area (Å²) in [7, 11) is 0. The zero-order valence-electron chi connectivity index (χ0n) is 13.2. The number of rotatable bonds is 3. The van der Waals surface area contributed by atoms with Gasteiger partial charge < -0.3 is 5.21 Å². The smallest absolute Gasteiger partial charge is 0.0775 e. The summed E-state index contributed by atoms with van der Waals surface area (Å²) in [5.74, 6) is 2.13. The lowest BCUT2D eigenvalue weighted by Gasteiger charge is -2.39. The van der Waals surface area contributed by atoms with Gasteiger partial charge in [0.05, 0.1) is 11.8 Å². The van der Waals surface area contributed by atoms with Crippen LogP contribution in [0.15, 0.2) is 35.5 Å². The Bertz CT molecular complexity index is 534. The Morgan fingerprint density at radius 2 is 1.82 bits per heavy atom. The fourth-order valence-corrected chi connectivity index (χ4v) is 5.06. The number of likely N-dealkylation sites (tertiary alicyclic amines) is 1. The van der Waals surface area contributed by atoms with Gasteiger partial charge in [-0.1, -0.05) is 35.5 Å². The van der Waals surface area contributed by atoms with Crippen LogP contribution in [0.25, 0.3) is 0 Å². The van der Waals surface area contributed by atoms with Crippen molar-refractivity contribution >= 4 is 5.71 Å². The maximum atomic E-state index is 9.40. The van der Waals surface area contributed by atoms with Gasteiger partial charge in [0.1, 0.15) is 0 Å². The second-order valence-electron chi connectivity index (χ2n) is 7.41. The molecule has 1 aromatic rings. The second-order valence-corrected chi connectivity index (χ2v) is 7.41. The van der Waals surface area contributed by atoms with Crippen LogP contribution in [-0.4, -0.2) is 35.0 Å². The van der Waals surface area contributed by atoms with Gasteiger partial charge in [0.15, 0.2) is 0 Å². The molecule has 0 aromatic heterocycles. The third-order valence-electron chi connectivity index (χ3n) is 6.17. The highest BCUT2D eigenvalue weighted by Crippen LogP contribution is 2.45. The van der Waals surface area contributed by atoms with Gasteiger partial charge in [-0.05, 0) is 69.0 Å². The summed E-state index contributed by atoms with van der Waals surface area (Å²) in [6.45, 7) is 2.34. The molecule has 1 saturated heterocycles. The first-order valence-corrected chi connectivity index (χ1v) is 8.85. The molecule has 2 aliphatic carbocycles. The average Bonchev–Trinajstić information content (AvgIpc) is 3.17. The lowest BCUT2D eigenvalue weighted by atomic mass is 9.86. The molecule has 1 aliphatic heterocycles. The van der Waals surface area contributed by atoms with Crippen molar-refractivity contribution in [3.8, 4) is 0 Å². The predicted molar refractivity (Wildman–Crippen MR) is 88.3 cm³/mol. The molecular formula is C19H26N2O. The summed E-state index contributed by atoms with van der Waals surface area (Å²) in [5, 5.41) is 13.1. The number of hydrogen-bond acceptors (Lipinski definition) is 3. The van der Waals surface area contributed by atoms with Crippen molar-refractivity contribution in [3.63, 3.8) is 0 Å². The van der Waals surface area contributed by atoms with Crippen molar-refractivity contribution in [2.45, 2.75) is 44.6 Å². The maximum Gasteiger partial charge on any atom is 0.0775 e. The molecule has 0 amide bonds. The van der Waals surface area contributed by atoms with E-state index in [1.54, 1.807) is 0 Å². The van der Waals surface area contributed by atoms with E-state index in [1.807, 2.05) is 0 Å². The fraction of sp³-hybridized carbons (Fsp3) is 0.632. The van der Waals surface area contributed by atoms with E-state index in [2.05, 4.69) is 40.4 Å². The lowest BCUT2D eigenvalue weighted by molar-refractivity contribution is 0.133. The molecule has 4 rings (SSSR count). The van der Waals surface area contributed by atoms with E-state index in [0.29, 0.717) is 12.0 Å². The van der Waals surface area contributed by atoms with Crippen molar-refractivity contribution in [2.75, 3.05) is 13.1 Å². The topological polar surface area (TPSA) is 35.8 Å². The number of benzene rings is 1. The molecule has 3 atom stereocenters. The highest BCUT2D eigenvalue weighted by Gasteiger charge is 2.48. The quantitative estimate of drug-likeness (QED) is 0.684. The van der Waals surface area contributed by atoms with E-state index in [0.717, 1.165) is 17.5 Å². The van der Waals surface area contributed by atoms with Gasteiger partial charge in [-0.2, -0.15) is 0 Å². The Balaban J connectivity index is 1.36. The third-order valence-corrected chi connectivity index (χ3v) is 6.17. The molecule has 118 valence electrons. The van der Waals surface area contributed by atoms with E-state index in [4.69, 9.17) is 0 Å². The molecule has 1 aromatic carbocycles. The Labute approximate surface area is 133 Å². The molecule has 3 unspecified atom stereocenters. The van der Waals surface area contributed by atoms with E-state index in [1.165, 1.54) is 57.2 Å². The van der Waals surface area contributed by atoms with Gasteiger partial charge in [-0.25, -0.2) is 0 Å². The molecular weight excluding hydrogens is 272 g/mol. The van der Waals surface area contributed by atoms with Crippen molar-refractivity contribution < 1.29 is 5.21 Å². The normalized spacial score (nSPS) is 34.5. The van der Waals surface area contributed by atoms with Crippen molar-refractivity contribution in [1.82, 2.24) is 4.90 Å². The largest absolute Gasteiger partial charge is 0.411 e. The highest BCUT2D eigenvalue weighted by molar-refractivity contribution is 5.94. The lowest BCUT2D eigenvalue weighted by Crippen LogP contribution is -2.48. The molecule has 1 heterocycles. The minimum absolute atomic E-state index is 0.446. The molecule has 0 radical (unpaired) electrons. The maximum absolute atomic E-state index is 9.40. The number of hydrogen-bond donors (Lipinski definition) is 1. The van der Waals surface area contributed by atoms with Crippen LogP contribution < -0.4 is 0 Å². The highest BCUT2D eigenvalue weighted by atomic mass is 16.4. The Hall–Kier alpha value is -1.35. The zero-order valence-corrected chi connectivity index (χ0v) is 13.2. The van der Waals surface area contributed by atoms with Gasteiger partial charge in [0.25, 0.3) is 0 Å². The predicted octanol–water partition coefficient (Wildman–Crippen LogP) is 3.57. The summed E-state index contributed by atoms with van der Waals surface area (Å²) in [6, 6.07) is 11.3. The molecule has 3 fully saturated rings. The van der Waals surface area contributed by atoms with Crippen LogP contribution in [0.1, 0.15) is 37.7 Å². The monoisotopic (exact) mass is 298 g/mol. The fourth-order valence-electron chi connectivity index (χ4n) is 5.06. The van der Waals surface area contributed by atoms with Crippen molar-refractivity contribution in [1.29, 1.82) is 0 Å². The molecule has 3 aliphatic rings. The Morgan fingerprint density at radius 3 is 2.55 bits per heavy atom. The van der Waals surface area contributed by atoms with Gasteiger partial charge in [-0.3, -0.25) is 4.90 Å². The molecule has 2 bridgehead atoms. The van der Waals surface area contributed by atoms with Crippen LogP contribution in [0.5, 0.6) is 0 Å². The molecule has 2 saturated carbocycles. The van der Waals surface area contributed by atoms with Gasteiger partial charge in [-0.15, -0.1) is 0 Å². The van der Waals surface area contributed by atoms with E-state index < -0.39 is 0 Å². The van der Waals surface area contributed by atoms with E-state index in [9.17, 15) is 5.21 Å².